The molecule has 1 atom stereocenters. The van der Waals surface area contributed by atoms with Gasteiger partial charge in [0.25, 0.3) is 0 Å². The van der Waals surface area contributed by atoms with Crippen LogP contribution >= 0.6 is 0 Å². The van der Waals surface area contributed by atoms with Gasteiger partial charge in [-0.25, -0.2) is 8.42 Å². The lowest BCUT2D eigenvalue weighted by atomic mass is 10.1. The van der Waals surface area contributed by atoms with Crippen molar-refractivity contribution in [3.05, 3.63) is 10.5 Å². The van der Waals surface area contributed by atoms with Gasteiger partial charge >= 0.3 is 0 Å². The number of hydrogen-bond donors (Lipinski definition) is 0. The van der Waals surface area contributed by atoms with Crippen molar-refractivity contribution in [3.63, 3.8) is 0 Å². The standard InChI is InChI=1S/C11H18O4S/c1-8-4-5-16(12,13)10(8)6-9-7-14-11(2,3)15-9/h9H,4-7H2,1-3H3. The van der Waals surface area contributed by atoms with Gasteiger partial charge in [0.05, 0.1) is 18.5 Å². The molecule has 0 aromatic carbocycles. The predicted octanol–water partition coefficient (Wildman–Crippen LogP) is 1.62. The lowest BCUT2D eigenvalue weighted by Crippen LogP contribution is -2.22. The van der Waals surface area contributed by atoms with Crippen molar-refractivity contribution in [2.24, 2.45) is 0 Å². The maximum Gasteiger partial charge on any atom is 0.174 e. The predicted molar refractivity (Wildman–Crippen MR) is 60.6 cm³/mol. The van der Waals surface area contributed by atoms with E-state index in [1.807, 2.05) is 20.8 Å². The van der Waals surface area contributed by atoms with Crippen molar-refractivity contribution in [1.82, 2.24) is 0 Å². The average molecular weight is 246 g/mol. The molecule has 1 unspecified atom stereocenters. The molecule has 0 spiro atoms. The molecule has 0 bridgehead atoms. The van der Waals surface area contributed by atoms with Crippen LogP contribution in [-0.2, 0) is 19.3 Å². The molecule has 0 saturated carbocycles. The molecule has 0 aliphatic carbocycles. The minimum absolute atomic E-state index is 0.132. The fourth-order valence-electron chi connectivity index (χ4n) is 2.19. The van der Waals surface area contributed by atoms with Crippen LogP contribution in [-0.4, -0.2) is 32.7 Å². The molecule has 0 aromatic rings. The van der Waals surface area contributed by atoms with Crippen molar-refractivity contribution in [2.45, 2.75) is 45.5 Å². The third kappa shape index (κ3) is 2.31. The van der Waals surface area contributed by atoms with E-state index in [0.29, 0.717) is 24.4 Å². The summed E-state index contributed by atoms with van der Waals surface area (Å²) in [6, 6.07) is 0. The SMILES string of the molecule is CC1=C(CC2COC(C)(C)O2)S(=O)(=O)CC1. The maximum absolute atomic E-state index is 11.8. The second kappa shape index (κ2) is 3.82. The first-order chi connectivity index (χ1) is 7.30. The average Bonchev–Trinajstić information content (AvgIpc) is 2.61. The third-order valence-electron chi connectivity index (χ3n) is 3.08. The Morgan fingerprint density at radius 2 is 2.12 bits per heavy atom. The van der Waals surface area contributed by atoms with Gasteiger partial charge < -0.3 is 9.47 Å². The number of rotatable bonds is 2. The van der Waals surface area contributed by atoms with Gasteiger partial charge in [-0.05, 0) is 27.2 Å². The topological polar surface area (TPSA) is 52.6 Å². The van der Waals surface area contributed by atoms with Crippen molar-refractivity contribution < 1.29 is 17.9 Å². The molecule has 2 aliphatic heterocycles. The quantitative estimate of drug-likeness (QED) is 0.743. The molecule has 0 radical (unpaired) electrons. The Morgan fingerprint density at radius 1 is 1.44 bits per heavy atom. The summed E-state index contributed by atoms with van der Waals surface area (Å²) in [6.07, 6.45) is 0.986. The van der Waals surface area contributed by atoms with Crippen LogP contribution in [0.5, 0.6) is 0 Å². The molecule has 2 rings (SSSR count). The van der Waals surface area contributed by atoms with Crippen molar-refractivity contribution >= 4 is 9.84 Å². The van der Waals surface area contributed by atoms with Gasteiger partial charge in [0.15, 0.2) is 15.6 Å². The van der Waals surface area contributed by atoms with E-state index >= 15 is 0 Å². The summed E-state index contributed by atoms with van der Waals surface area (Å²) < 4.78 is 34.6. The van der Waals surface area contributed by atoms with E-state index in [1.165, 1.54) is 0 Å². The van der Waals surface area contributed by atoms with Gasteiger partial charge in [-0.3, -0.25) is 0 Å². The van der Waals surface area contributed by atoms with Gasteiger partial charge in [0.1, 0.15) is 0 Å². The monoisotopic (exact) mass is 246 g/mol. The molecule has 1 fully saturated rings. The van der Waals surface area contributed by atoms with Crippen LogP contribution in [0.2, 0.25) is 0 Å². The molecule has 1 saturated heterocycles. The highest BCUT2D eigenvalue weighted by Crippen LogP contribution is 2.33. The fourth-order valence-corrected chi connectivity index (χ4v) is 4.08. The molecular weight excluding hydrogens is 228 g/mol. The van der Waals surface area contributed by atoms with E-state index in [1.54, 1.807) is 0 Å². The lowest BCUT2D eigenvalue weighted by Gasteiger charge is -2.17. The summed E-state index contributed by atoms with van der Waals surface area (Å²) in [6.45, 7) is 6.05. The molecule has 92 valence electrons. The summed E-state index contributed by atoms with van der Waals surface area (Å²) in [5, 5.41) is 0. The van der Waals surface area contributed by atoms with Crippen LogP contribution in [0.1, 0.15) is 33.6 Å². The van der Waals surface area contributed by atoms with E-state index < -0.39 is 15.6 Å². The zero-order valence-corrected chi connectivity index (χ0v) is 10.8. The first-order valence-electron chi connectivity index (χ1n) is 5.53. The van der Waals surface area contributed by atoms with Crippen LogP contribution in [0.15, 0.2) is 10.5 Å². The Morgan fingerprint density at radius 3 is 2.56 bits per heavy atom. The van der Waals surface area contributed by atoms with Crippen molar-refractivity contribution in [2.75, 3.05) is 12.4 Å². The Labute approximate surface area is 96.5 Å². The summed E-state index contributed by atoms with van der Waals surface area (Å²) in [5.41, 5.74) is 0.980. The highest BCUT2D eigenvalue weighted by Gasteiger charge is 2.36. The molecule has 0 amide bonds. The smallest absolute Gasteiger partial charge is 0.174 e. The van der Waals surface area contributed by atoms with Gasteiger partial charge in [-0.1, -0.05) is 5.57 Å². The number of sulfone groups is 1. The Kier molecular flexibility index (Phi) is 2.88. The highest BCUT2D eigenvalue weighted by molar-refractivity contribution is 7.95. The van der Waals surface area contributed by atoms with Gasteiger partial charge in [0, 0.05) is 11.3 Å². The van der Waals surface area contributed by atoms with Gasteiger partial charge in [0.2, 0.25) is 0 Å². The minimum atomic E-state index is -3.02. The molecule has 0 aromatic heterocycles. The molecule has 2 heterocycles. The zero-order valence-electron chi connectivity index (χ0n) is 9.95. The van der Waals surface area contributed by atoms with Gasteiger partial charge in [-0.15, -0.1) is 0 Å². The largest absolute Gasteiger partial charge is 0.348 e. The molecule has 0 N–H and O–H groups in total. The Hall–Kier alpha value is -0.390. The van der Waals surface area contributed by atoms with Crippen LogP contribution in [0.3, 0.4) is 0 Å². The summed E-state index contributed by atoms with van der Waals surface area (Å²) in [7, 11) is -3.02. The number of allylic oxidation sites excluding steroid dienone is 1. The fraction of sp³-hybridized carbons (Fsp3) is 0.818. The third-order valence-corrected chi connectivity index (χ3v) is 5.09. The second-order valence-corrected chi connectivity index (χ2v) is 7.06. The van der Waals surface area contributed by atoms with Crippen LogP contribution in [0.4, 0.5) is 0 Å². The van der Waals surface area contributed by atoms with Crippen LogP contribution in [0.25, 0.3) is 0 Å². The maximum atomic E-state index is 11.8. The van der Waals surface area contributed by atoms with E-state index in [2.05, 4.69) is 0 Å². The molecule has 5 heteroatoms. The van der Waals surface area contributed by atoms with E-state index in [9.17, 15) is 8.42 Å². The van der Waals surface area contributed by atoms with Crippen LogP contribution < -0.4 is 0 Å². The first kappa shape index (κ1) is 12.1. The van der Waals surface area contributed by atoms with Crippen LogP contribution in [0, 0.1) is 0 Å². The van der Waals surface area contributed by atoms with E-state index in [4.69, 9.17) is 9.47 Å². The molecule has 16 heavy (non-hydrogen) atoms. The second-order valence-electron chi connectivity index (χ2n) is 4.93. The molecule has 4 nitrogen and oxygen atoms in total. The molecule has 2 aliphatic rings. The summed E-state index contributed by atoms with van der Waals surface area (Å²) >= 11 is 0. The molecular formula is C11H18O4S. The summed E-state index contributed by atoms with van der Waals surface area (Å²) in [5.74, 6) is -0.327. The van der Waals surface area contributed by atoms with Gasteiger partial charge in [-0.2, -0.15) is 0 Å². The normalized spacial score (nSPS) is 32.3. The van der Waals surface area contributed by atoms with Crippen molar-refractivity contribution in [3.8, 4) is 0 Å². The Bertz CT molecular complexity index is 419. The first-order valence-corrected chi connectivity index (χ1v) is 7.18. The Balaban J connectivity index is 2.09. The lowest BCUT2D eigenvalue weighted by molar-refractivity contribution is -0.137. The highest BCUT2D eigenvalue weighted by atomic mass is 32.2. The van der Waals surface area contributed by atoms with E-state index in [0.717, 1.165) is 5.57 Å². The number of hydrogen-bond acceptors (Lipinski definition) is 4. The zero-order chi connectivity index (χ0) is 12.0. The summed E-state index contributed by atoms with van der Waals surface area (Å²) in [4.78, 5) is 0.568. The van der Waals surface area contributed by atoms with E-state index in [-0.39, 0.29) is 11.9 Å². The minimum Gasteiger partial charge on any atom is -0.348 e. The number of ether oxygens (including phenoxy) is 2. The van der Waals surface area contributed by atoms with Crippen molar-refractivity contribution in [1.29, 1.82) is 0 Å².